The molecule has 2 heteroatoms. The van der Waals surface area contributed by atoms with Crippen LogP contribution in [0.3, 0.4) is 0 Å². The fourth-order valence-electron chi connectivity index (χ4n) is 5.44. The first-order chi connectivity index (χ1) is 16.9. The molecule has 4 aromatic rings. The van der Waals surface area contributed by atoms with Crippen LogP contribution in [0.4, 0.5) is 0 Å². The van der Waals surface area contributed by atoms with E-state index in [0.717, 1.165) is 17.2 Å². The highest BCUT2D eigenvalue weighted by molar-refractivity contribution is 6.70. The fourth-order valence-corrected chi connectivity index (χ4v) is 6.29. The van der Waals surface area contributed by atoms with Gasteiger partial charge in [-0.2, -0.15) is 0 Å². The highest BCUT2D eigenvalue weighted by Crippen LogP contribution is 2.35. The molecule has 0 aliphatic carbocycles. The normalized spacial score (nSPS) is 11.8. The first-order valence-electron chi connectivity index (χ1n) is 12.9. The lowest BCUT2D eigenvalue weighted by molar-refractivity contribution is 0.370. The molecule has 0 aliphatic rings. The van der Waals surface area contributed by atoms with Gasteiger partial charge in [-0.05, 0) is 117 Å². The third-order valence-electron chi connectivity index (χ3n) is 6.63. The number of hydrogen-bond acceptors (Lipinski definition) is 1. The van der Waals surface area contributed by atoms with E-state index in [1.165, 1.54) is 55.6 Å². The van der Waals surface area contributed by atoms with Crippen molar-refractivity contribution in [1.29, 1.82) is 0 Å². The molecule has 0 amide bonds. The van der Waals surface area contributed by atoms with Gasteiger partial charge in [0, 0.05) is 0 Å². The largest absolute Gasteiger partial charge is 0.401 e. The summed E-state index contributed by atoms with van der Waals surface area (Å²) in [5.74, 6) is 0. The molecule has 0 spiro atoms. The van der Waals surface area contributed by atoms with Crippen LogP contribution in [0, 0.1) is 47.6 Å². The molecule has 0 atom stereocenters. The molecule has 1 radical (unpaired) electrons. The van der Waals surface area contributed by atoms with Gasteiger partial charge < -0.3 is 4.43 Å². The van der Waals surface area contributed by atoms with Gasteiger partial charge in [-0.3, -0.25) is 0 Å². The summed E-state index contributed by atoms with van der Waals surface area (Å²) >= 11 is 0. The first-order valence-corrected chi connectivity index (χ1v) is 16.3. The second kappa shape index (κ2) is 10.2. The third-order valence-corrected chi connectivity index (χ3v) is 7.45. The molecule has 4 rings (SSSR count). The first kappa shape index (κ1) is 26.1. The van der Waals surface area contributed by atoms with Crippen molar-refractivity contribution in [3.05, 3.63) is 123 Å². The molecule has 36 heavy (non-hydrogen) atoms. The van der Waals surface area contributed by atoms with Crippen molar-refractivity contribution in [2.45, 2.75) is 61.2 Å². The van der Waals surface area contributed by atoms with Gasteiger partial charge in [0.2, 0.25) is 0 Å². The zero-order valence-electron chi connectivity index (χ0n) is 23.3. The van der Waals surface area contributed by atoms with Crippen molar-refractivity contribution >= 4 is 8.32 Å². The second-order valence-corrected chi connectivity index (χ2v) is 15.7. The topological polar surface area (TPSA) is 9.23 Å². The van der Waals surface area contributed by atoms with E-state index in [1.54, 1.807) is 0 Å². The van der Waals surface area contributed by atoms with Gasteiger partial charge in [-0.25, -0.2) is 0 Å². The Hall–Kier alpha value is -2.94. The zero-order chi connectivity index (χ0) is 26.2. The van der Waals surface area contributed by atoms with E-state index in [4.69, 9.17) is 4.43 Å². The van der Waals surface area contributed by atoms with Crippen molar-refractivity contribution in [2.24, 2.45) is 0 Å². The van der Waals surface area contributed by atoms with Gasteiger partial charge in [-0.1, -0.05) is 83.9 Å². The van der Waals surface area contributed by atoms with Crippen LogP contribution in [-0.2, 0) is 4.43 Å². The average molecular weight is 492 g/mol. The lowest BCUT2D eigenvalue weighted by Crippen LogP contribution is -2.29. The molecule has 0 saturated carbocycles. The number of rotatable bonds is 6. The molecule has 0 fully saturated rings. The summed E-state index contributed by atoms with van der Waals surface area (Å²) in [7, 11) is -1.83. The predicted molar refractivity (Wildman–Crippen MR) is 158 cm³/mol. The second-order valence-electron chi connectivity index (χ2n) is 11.2. The molecule has 0 bridgehead atoms. The Labute approximate surface area is 219 Å². The summed E-state index contributed by atoms with van der Waals surface area (Å²) in [5.41, 5.74) is 15.3. The summed E-state index contributed by atoms with van der Waals surface area (Å²) in [6.07, 6.45) is 0.974. The maximum Gasteiger partial charge on any atom is 0.185 e. The van der Waals surface area contributed by atoms with Gasteiger partial charge >= 0.3 is 0 Å². The standard InChI is InChI=1S/C34H39OSi/c1-22-18-24(3)32(25(4)19-22)28-10-14-30(15-11-28)34(35-36(7,8)9)31-16-12-29(13-17-31)33-26(5)20-23(2)21-27(33)6/h10-21H,1-9H3. The van der Waals surface area contributed by atoms with E-state index < -0.39 is 8.32 Å². The van der Waals surface area contributed by atoms with Gasteiger partial charge in [0.1, 0.15) is 6.10 Å². The Morgan fingerprint density at radius 2 is 0.806 bits per heavy atom. The number of aryl methyl sites for hydroxylation is 6. The smallest absolute Gasteiger partial charge is 0.185 e. The molecule has 0 heterocycles. The van der Waals surface area contributed by atoms with E-state index in [2.05, 4.69) is 134 Å². The maximum absolute atomic E-state index is 6.68. The van der Waals surface area contributed by atoms with Crippen LogP contribution >= 0.6 is 0 Å². The summed E-state index contributed by atoms with van der Waals surface area (Å²) in [6, 6.07) is 26.9. The van der Waals surface area contributed by atoms with Gasteiger partial charge in [0.25, 0.3) is 0 Å². The molecule has 0 aromatic heterocycles. The van der Waals surface area contributed by atoms with Crippen LogP contribution in [0.15, 0.2) is 72.8 Å². The predicted octanol–water partition coefficient (Wildman–Crippen LogP) is 9.65. The van der Waals surface area contributed by atoms with E-state index in [-0.39, 0.29) is 0 Å². The van der Waals surface area contributed by atoms with Crippen LogP contribution in [0.2, 0.25) is 19.6 Å². The van der Waals surface area contributed by atoms with Crippen LogP contribution in [0.5, 0.6) is 0 Å². The quantitative estimate of drug-likeness (QED) is 0.244. The molecule has 0 saturated heterocycles. The number of benzene rings is 4. The summed E-state index contributed by atoms with van der Waals surface area (Å²) in [4.78, 5) is 0. The minimum atomic E-state index is -1.83. The van der Waals surface area contributed by atoms with Crippen molar-refractivity contribution < 1.29 is 4.43 Å². The summed E-state index contributed by atoms with van der Waals surface area (Å²) < 4.78 is 6.68. The van der Waals surface area contributed by atoms with Gasteiger partial charge in [-0.15, -0.1) is 0 Å². The summed E-state index contributed by atoms with van der Waals surface area (Å²) in [6.45, 7) is 19.9. The molecule has 185 valence electrons. The van der Waals surface area contributed by atoms with Crippen molar-refractivity contribution in [1.82, 2.24) is 0 Å². The van der Waals surface area contributed by atoms with Crippen LogP contribution < -0.4 is 0 Å². The molecular weight excluding hydrogens is 452 g/mol. The molecule has 0 N–H and O–H groups in total. The Bertz CT molecular complexity index is 1230. The van der Waals surface area contributed by atoms with Crippen molar-refractivity contribution in [3.63, 3.8) is 0 Å². The van der Waals surface area contributed by atoms with Gasteiger partial charge in [0.05, 0.1) is 0 Å². The van der Waals surface area contributed by atoms with E-state index in [1.807, 2.05) is 0 Å². The minimum Gasteiger partial charge on any atom is -0.401 e. The number of hydrogen-bond donors (Lipinski definition) is 0. The average Bonchev–Trinajstić information content (AvgIpc) is 2.77. The van der Waals surface area contributed by atoms with E-state index in [9.17, 15) is 0 Å². The SMILES string of the molecule is Cc1cc(C)c(-c2ccc([C](O[Si](C)(C)C)c3ccc(-c4c(C)cc(C)cc4C)cc3)cc2)c(C)c1. The van der Waals surface area contributed by atoms with Crippen LogP contribution in [0.25, 0.3) is 22.3 Å². The molecule has 1 nitrogen and oxygen atoms in total. The zero-order valence-corrected chi connectivity index (χ0v) is 24.3. The van der Waals surface area contributed by atoms with Gasteiger partial charge in [0.15, 0.2) is 8.32 Å². The minimum absolute atomic E-state index is 0.974. The lowest BCUT2D eigenvalue weighted by Gasteiger charge is -2.26. The third kappa shape index (κ3) is 5.72. The fraction of sp³-hybridized carbons (Fsp3) is 0.265. The molecule has 0 aliphatic heterocycles. The molecule has 4 aromatic carbocycles. The Kier molecular flexibility index (Phi) is 7.40. The van der Waals surface area contributed by atoms with Crippen molar-refractivity contribution in [3.8, 4) is 22.3 Å². The highest BCUT2D eigenvalue weighted by Gasteiger charge is 2.25. The maximum atomic E-state index is 6.68. The van der Waals surface area contributed by atoms with Crippen LogP contribution in [0.1, 0.15) is 44.5 Å². The molecule has 0 unspecified atom stereocenters. The Morgan fingerprint density at radius 1 is 0.500 bits per heavy atom. The van der Waals surface area contributed by atoms with E-state index >= 15 is 0 Å². The summed E-state index contributed by atoms with van der Waals surface area (Å²) in [5, 5.41) is 0. The Balaban J connectivity index is 1.71. The lowest BCUT2D eigenvalue weighted by atomic mass is 9.91. The van der Waals surface area contributed by atoms with Crippen molar-refractivity contribution in [2.75, 3.05) is 0 Å². The monoisotopic (exact) mass is 491 g/mol. The van der Waals surface area contributed by atoms with Crippen LogP contribution in [-0.4, -0.2) is 8.32 Å². The highest BCUT2D eigenvalue weighted by atomic mass is 28.4. The Morgan fingerprint density at radius 3 is 1.08 bits per heavy atom. The van der Waals surface area contributed by atoms with E-state index in [0.29, 0.717) is 0 Å². The molecular formula is C34H39OSi.